The average Bonchev–Trinajstić information content (AvgIpc) is 3.06. The van der Waals surface area contributed by atoms with Gasteiger partial charge in [-0.2, -0.15) is 0 Å². The van der Waals surface area contributed by atoms with Crippen molar-refractivity contribution in [3.63, 3.8) is 0 Å². The number of ether oxygens (including phenoxy) is 1. The molecule has 1 saturated carbocycles. The molecular weight excluding hydrogens is 224 g/mol. The van der Waals surface area contributed by atoms with Crippen LogP contribution in [0.3, 0.4) is 0 Å². The second-order valence-corrected chi connectivity index (χ2v) is 4.10. The first-order chi connectivity index (χ1) is 8.02. The van der Waals surface area contributed by atoms with E-state index in [4.69, 9.17) is 9.84 Å². The molecule has 0 bridgehead atoms. The molecule has 1 aromatic rings. The van der Waals surface area contributed by atoms with Gasteiger partial charge in [-0.05, 0) is 24.1 Å². The standard InChI is InChI=1S/C12H12O5/c1-17-8-4-2-3-7(5-8)12(11(15)16)6-9(12)10(13)14/h2-5,9H,6H2,1H3,(H,13,14)(H,15,16)/t9-,12+/m1/s1. The molecule has 5 heteroatoms. The van der Waals surface area contributed by atoms with Gasteiger partial charge in [0.15, 0.2) is 0 Å². The topological polar surface area (TPSA) is 83.8 Å². The van der Waals surface area contributed by atoms with Gasteiger partial charge in [0.05, 0.1) is 13.0 Å². The normalized spacial score (nSPS) is 26.3. The maximum absolute atomic E-state index is 11.3. The van der Waals surface area contributed by atoms with Crippen molar-refractivity contribution in [2.45, 2.75) is 11.8 Å². The minimum Gasteiger partial charge on any atom is -0.497 e. The molecule has 1 fully saturated rings. The fourth-order valence-electron chi connectivity index (χ4n) is 2.14. The zero-order chi connectivity index (χ0) is 12.6. The van der Waals surface area contributed by atoms with E-state index in [1.807, 2.05) is 0 Å². The van der Waals surface area contributed by atoms with Crippen LogP contribution in [0.4, 0.5) is 0 Å². The lowest BCUT2D eigenvalue weighted by Crippen LogP contribution is -2.25. The van der Waals surface area contributed by atoms with E-state index in [9.17, 15) is 14.7 Å². The second-order valence-electron chi connectivity index (χ2n) is 4.10. The molecule has 0 amide bonds. The molecule has 2 atom stereocenters. The smallest absolute Gasteiger partial charge is 0.315 e. The number of hydrogen-bond acceptors (Lipinski definition) is 3. The quantitative estimate of drug-likeness (QED) is 0.818. The Bertz CT molecular complexity index is 482. The van der Waals surface area contributed by atoms with Crippen LogP contribution in [-0.4, -0.2) is 29.3 Å². The summed E-state index contributed by atoms with van der Waals surface area (Å²) in [5.41, 5.74) is -0.808. The summed E-state index contributed by atoms with van der Waals surface area (Å²) in [4.78, 5) is 22.2. The lowest BCUT2D eigenvalue weighted by atomic mass is 9.93. The van der Waals surface area contributed by atoms with E-state index in [0.717, 1.165) is 0 Å². The number of aliphatic carboxylic acids is 2. The fraction of sp³-hybridized carbons (Fsp3) is 0.333. The largest absolute Gasteiger partial charge is 0.497 e. The fourth-order valence-corrected chi connectivity index (χ4v) is 2.14. The molecule has 1 aliphatic rings. The van der Waals surface area contributed by atoms with Gasteiger partial charge in [-0.3, -0.25) is 9.59 Å². The number of carbonyl (C=O) groups is 2. The van der Waals surface area contributed by atoms with Crippen LogP contribution in [0.15, 0.2) is 24.3 Å². The Morgan fingerprint density at radius 2 is 2.12 bits per heavy atom. The van der Waals surface area contributed by atoms with Crippen LogP contribution in [0.2, 0.25) is 0 Å². The molecule has 0 saturated heterocycles. The summed E-state index contributed by atoms with van der Waals surface area (Å²) >= 11 is 0. The number of carboxylic acids is 2. The van der Waals surface area contributed by atoms with Crippen molar-refractivity contribution >= 4 is 11.9 Å². The monoisotopic (exact) mass is 236 g/mol. The predicted octanol–water partition coefficient (Wildman–Crippen LogP) is 1.12. The van der Waals surface area contributed by atoms with Gasteiger partial charge < -0.3 is 14.9 Å². The minimum absolute atomic E-state index is 0.130. The van der Waals surface area contributed by atoms with E-state index in [-0.39, 0.29) is 6.42 Å². The Labute approximate surface area is 97.6 Å². The summed E-state index contributed by atoms with van der Waals surface area (Å²) in [6.07, 6.45) is 0.130. The SMILES string of the molecule is COc1cccc([C@@]2(C(=O)O)C[C@@H]2C(=O)O)c1. The third-order valence-corrected chi connectivity index (χ3v) is 3.23. The van der Waals surface area contributed by atoms with E-state index >= 15 is 0 Å². The highest BCUT2D eigenvalue weighted by atomic mass is 16.5. The lowest BCUT2D eigenvalue weighted by Gasteiger charge is -2.12. The Kier molecular flexibility index (Phi) is 2.53. The first-order valence-corrected chi connectivity index (χ1v) is 5.13. The van der Waals surface area contributed by atoms with Gasteiger partial charge in [-0.15, -0.1) is 0 Å². The summed E-state index contributed by atoms with van der Waals surface area (Å²) < 4.78 is 5.01. The Hall–Kier alpha value is -2.04. The molecule has 0 aliphatic heterocycles. The molecule has 0 radical (unpaired) electrons. The van der Waals surface area contributed by atoms with Gasteiger partial charge in [0.2, 0.25) is 0 Å². The third-order valence-electron chi connectivity index (χ3n) is 3.23. The van der Waals surface area contributed by atoms with E-state index in [0.29, 0.717) is 11.3 Å². The summed E-state index contributed by atoms with van der Waals surface area (Å²) in [7, 11) is 1.48. The molecular formula is C12H12O5. The van der Waals surface area contributed by atoms with E-state index < -0.39 is 23.3 Å². The Morgan fingerprint density at radius 1 is 1.41 bits per heavy atom. The molecule has 0 aromatic heterocycles. The van der Waals surface area contributed by atoms with Crippen LogP contribution < -0.4 is 4.74 Å². The maximum Gasteiger partial charge on any atom is 0.315 e. The van der Waals surface area contributed by atoms with Crippen molar-refractivity contribution in [1.29, 1.82) is 0 Å². The first-order valence-electron chi connectivity index (χ1n) is 5.13. The van der Waals surface area contributed by atoms with Crippen LogP contribution in [-0.2, 0) is 15.0 Å². The second kappa shape index (κ2) is 3.76. The molecule has 17 heavy (non-hydrogen) atoms. The number of methoxy groups -OCH3 is 1. The summed E-state index contributed by atoms with van der Waals surface area (Å²) in [5, 5.41) is 18.2. The minimum atomic E-state index is -1.29. The van der Waals surface area contributed by atoms with Crippen LogP contribution in [0.1, 0.15) is 12.0 Å². The van der Waals surface area contributed by atoms with Crippen molar-refractivity contribution in [2.24, 2.45) is 5.92 Å². The highest BCUT2D eigenvalue weighted by Gasteiger charge is 2.65. The van der Waals surface area contributed by atoms with E-state index in [1.54, 1.807) is 24.3 Å². The summed E-state index contributed by atoms with van der Waals surface area (Å²) in [6, 6.07) is 6.56. The van der Waals surface area contributed by atoms with Crippen molar-refractivity contribution in [1.82, 2.24) is 0 Å². The van der Waals surface area contributed by atoms with Gasteiger partial charge in [-0.25, -0.2) is 0 Å². The van der Waals surface area contributed by atoms with Crippen LogP contribution in [0, 0.1) is 5.92 Å². The van der Waals surface area contributed by atoms with Crippen LogP contribution in [0.5, 0.6) is 5.75 Å². The summed E-state index contributed by atoms with van der Waals surface area (Å²) in [5.74, 6) is -2.50. The first kappa shape index (κ1) is 11.4. The molecule has 1 aliphatic carbocycles. The number of carboxylic acid groups (broad SMARTS) is 2. The van der Waals surface area contributed by atoms with Crippen molar-refractivity contribution in [3.05, 3.63) is 29.8 Å². The Balaban J connectivity index is 2.42. The molecule has 1 aromatic carbocycles. The van der Waals surface area contributed by atoms with Crippen molar-refractivity contribution in [2.75, 3.05) is 7.11 Å². The zero-order valence-electron chi connectivity index (χ0n) is 9.21. The van der Waals surface area contributed by atoms with Crippen molar-refractivity contribution < 1.29 is 24.5 Å². The van der Waals surface area contributed by atoms with Gasteiger partial charge in [-0.1, -0.05) is 12.1 Å². The lowest BCUT2D eigenvalue weighted by molar-refractivity contribution is -0.145. The number of benzene rings is 1. The van der Waals surface area contributed by atoms with Crippen LogP contribution in [0.25, 0.3) is 0 Å². The highest BCUT2D eigenvalue weighted by Crippen LogP contribution is 2.55. The average molecular weight is 236 g/mol. The summed E-state index contributed by atoms with van der Waals surface area (Å²) in [6.45, 7) is 0. The van der Waals surface area contributed by atoms with E-state index in [2.05, 4.69) is 0 Å². The number of hydrogen-bond donors (Lipinski definition) is 2. The molecule has 0 spiro atoms. The molecule has 0 heterocycles. The van der Waals surface area contributed by atoms with Gasteiger partial charge in [0.25, 0.3) is 0 Å². The van der Waals surface area contributed by atoms with Gasteiger partial charge in [0, 0.05) is 0 Å². The van der Waals surface area contributed by atoms with Gasteiger partial charge in [0.1, 0.15) is 11.2 Å². The van der Waals surface area contributed by atoms with Crippen LogP contribution >= 0.6 is 0 Å². The Morgan fingerprint density at radius 3 is 2.59 bits per heavy atom. The van der Waals surface area contributed by atoms with Crippen molar-refractivity contribution in [3.8, 4) is 5.75 Å². The molecule has 0 unspecified atom stereocenters. The zero-order valence-corrected chi connectivity index (χ0v) is 9.21. The molecule has 5 nitrogen and oxygen atoms in total. The molecule has 90 valence electrons. The third kappa shape index (κ3) is 1.63. The molecule has 2 rings (SSSR count). The predicted molar refractivity (Wildman–Crippen MR) is 58.1 cm³/mol. The molecule has 2 N–H and O–H groups in total. The number of rotatable bonds is 4. The van der Waals surface area contributed by atoms with E-state index in [1.165, 1.54) is 7.11 Å². The van der Waals surface area contributed by atoms with Gasteiger partial charge >= 0.3 is 11.9 Å². The highest BCUT2D eigenvalue weighted by molar-refractivity contribution is 5.94. The maximum atomic E-state index is 11.3.